The summed E-state index contributed by atoms with van der Waals surface area (Å²) in [5.74, 6) is 0.448. The van der Waals surface area contributed by atoms with Gasteiger partial charge in [0.15, 0.2) is 0 Å². The smallest absolute Gasteiger partial charge is 0.240 e. The van der Waals surface area contributed by atoms with Gasteiger partial charge in [0, 0.05) is 35.7 Å². The molecule has 2 atom stereocenters. The van der Waals surface area contributed by atoms with Crippen LogP contribution in [0, 0.1) is 10.2 Å². The Hall–Kier alpha value is -2.75. The molecule has 0 fully saturated rings. The van der Waals surface area contributed by atoms with Gasteiger partial charge in [0.05, 0.1) is 18.1 Å². The quantitative estimate of drug-likeness (QED) is 0.454. The number of rotatable bonds is 7. The van der Waals surface area contributed by atoms with E-state index in [4.69, 9.17) is 9.52 Å². The molecule has 0 amide bonds. The Morgan fingerprint density at radius 3 is 2.43 bits per heavy atom. The summed E-state index contributed by atoms with van der Waals surface area (Å²) in [6.45, 7) is 5.74. The van der Waals surface area contributed by atoms with Crippen molar-refractivity contribution in [2.45, 2.75) is 31.8 Å². The molecular formula is C21H27N5O3S. The molecule has 0 aliphatic rings. The van der Waals surface area contributed by atoms with E-state index in [9.17, 15) is 9.32 Å². The first-order chi connectivity index (χ1) is 14.1. The number of hydrogen-bond acceptors (Lipinski definition) is 7. The number of anilines is 2. The van der Waals surface area contributed by atoms with Crippen LogP contribution in [0.3, 0.4) is 0 Å². The van der Waals surface area contributed by atoms with Gasteiger partial charge in [-0.3, -0.25) is 4.98 Å². The van der Waals surface area contributed by atoms with Crippen LogP contribution < -0.4 is 14.8 Å². The fraction of sp³-hybridized carbons (Fsp3) is 0.333. The highest BCUT2D eigenvalue weighted by atomic mass is 32.2. The van der Waals surface area contributed by atoms with E-state index in [0.717, 1.165) is 16.8 Å². The average molecular weight is 430 g/mol. The second-order valence-corrected chi connectivity index (χ2v) is 9.88. The lowest BCUT2D eigenvalue weighted by Crippen LogP contribution is -2.38. The highest BCUT2D eigenvalue weighted by Crippen LogP contribution is 2.29. The van der Waals surface area contributed by atoms with E-state index < -0.39 is 16.0 Å². The number of benzene rings is 1. The lowest BCUT2D eigenvalue weighted by atomic mass is 9.89. The van der Waals surface area contributed by atoms with E-state index in [-0.39, 0.29) is 12.0 Å². The third-order valence-electron chi connectivity index (χ3n) is 4.76. The van der Waals surface area contributed by atoms with Gasteiger partial charge in [0.25, 0.3) is 0 Å². The zero-order valence-corrected chi connectivity index (χ0v) is 18.3. The maximum Gasteiger partial charge on any atom is 0.240 e. The molecule has 0 aliphatic carbocycles. The van der Waals surface area contributed by atoms with Crippen LogP contribution in [0.15, 0.2) is 53.7 Å². The molecular weight excluding hydrogens is 402 g/mol. The van der Waals surface area contributed by atoms with Crippen LogP contribution in [-0.2, 0) is 9.92 Å². The number of nitrogens with zero attached hydrogens (tertiary/aromatic N) is 2. The van der Waals surface area contributed by atoms with Crippen LogP contribution in [0.5, 0.6) is 5.88 Å². The number of ether oxygens (including phenoxy) is 1. The summed E-state index contributed by atoms with van der Waals surface area (Å²) >= 11 is 0. The molecule has 2 heterocycles. The summed E-state index contributed by atoms with van der Waals surface area (Å²) in [5, 5.41) is 14.3. The molecule has 30 heavy (non-hydrogen) atoms. The molecule has 3 aromatic rings. The van der Waals surface area contributed by atoms with Crippen molar-refractivity contribution < 1.29 is 14.1 Å². The number of fused-ring (bicyclic) bond motifs is 1. The number of aromatic nitrogens is 2. The Bertz CT molecular complexity index is 1130. The fourth-order valence-corrected chi connectivity index (χ4v) is 3.86. The number of aliphatic hydroxyl groups is 1. The summed E-state index contributed by atoms with van der Waals surface area (Å²) in [4.78, 5) is 8.85. The fourth-order valence-electron chi connectivity index (χ4n) is 2.78. The second kappa shape index (κ2) is 8.55. The lowest BCUT2D eigenvalue weighted by molar-refractivity contribution is 0.0678. The summed E-state index contributed by atoms with van der Waals surface area (Å²) in [6.07, 6.45) is 2.62. The molecule has 8 nitrogen and oxygen atoms in total. The van der Waals surface area contributed by atoms with Crippen molar-refractivity contribution in [2.24, 2.45) is 5.41 Å². The maximum absolute atomic E-state index is 12.7. The molecule has 0 spiro atoms. The number of aliphatic hydroxyl groups excluding tert-OH is 1. The van der Waals surface area contributed by atoms with Crippen molar-refractivity contribution >= 4 is 32.2 Å². The van der Waals surface area contributed by atoms with Crippen molar-refractivity contribution in [3.05, 3.63) is 48.8 Å². The molecule has 160 valence electrons. The Labute approximate surface area is 176 Å². The average Bonchev–Trinajstić information content (AvgIpc) is 2.71. The molecule has 4 N–H and O–H groups in total. The molecule has 0 unspecified atom stereocenters. The van der Waals surface area contributed by atoms with Gasteiger partial charge in [-0.1, -0.05) is 20.8 Å². The minimum atomic E-state index is -3.22. The third-order valence-corrected chi connectivity index (χ3v) is 6.27. The molecule has 3 rings (SSSR count). The van der Waals surface area contributed by atoms with E-state index in [1.807, 2.05) is 32.9 Å². The first kappa shape index (κ1) is 21.9. The summed E-state index contributed by atoms with van der Waals surface area (Å²) in [6, 6.07) is 10.5. The van der Waals surface area contributed by atoms with Crippen molar-refractivity contribution in [1.29, 1.82) is 4.78 Å². The van der Waals surface area contributed by atoms with Crippen molar-refractivity contribution in [2.75, 3.05) is 19.0 Å². The predicted molar refractivity (Wildman–Crippen MR) is 118 cm³/mol. The van der Waals surface area contributed by atoms with E-state index in [1.54, 1.807) is 43.8 Å². The van der Waals surface area contributed by atoms with E-state index in [1.165, 1.54) is 0 Å². The summed E-state index contributed by atoms with van der Waals surface area (Å²) in [7, 11) is -1.67. The number of hydrogen-bond donors (Lipinski definition) is 4. The normalized spacial score (nSPS) is 14.8. The maximum atomic E-state index is 12.7. The molecule has 0 aliphatic heterocycles. The van der Waals surface area contributed by atoms with Gasteiger partial charge in [-0.25, -0.2) is 18.7 Å². The monoisotopic (exact) mass is 429 g/mol. The number of nitrogens with one attached hydrogen (secondary N) is 3. The van der Waals surface area contributed by atoms with Gasteiger partial charge in [-0.05, 0) is 41.8 Å². The highest BCUT2D eigenvalue weighted by Gasteiger charge is 2.23. The Balaban J connectivity index is 1.78. The van der Waals surface area contributed by atoms with Crippen LogP contribution in [0.1, 0.15) is 20.8 Å². The zero-order valence-electron chi connectivity index (χ0n) is 17.5. The lowest BCUT2D eigenvalue weighted by Gasteiger charge is -2.26. The van der Waals surface area contributed by atoms with Crippen LogP contribution in [0.4, 0.5) is 11.4 Å². The molecule has 0 radical (unpaired) electrons. The van der Waals surface area contributed by atoms with Gasteiger partial charge in [0.2, 0.25) is 5.88 Å². The third kappa shape index (κ3) is 4.86. The van der Waals surface area contributed by atoms with Crippen LogP contribution in [0.25, 0.3) is 10.9 Å². The second-order valence-electron chi connectivity index (χ2n) is 8.01. The van der Waals surface area contributed by atoms with Gasteiger partial charge in [0.1, 0.15) is 15.4 Å². The van der Waals surface area contributed by atoms with E-state index in [0.29, 0.717) is 16.3 Å². The van der Waals surface area contributed by atoms with E-state index >= 15 is 0 Å². The number of methoxy groups -OCH3 is 1. The van der Waals surface area contributed by atoms with E-state index in [2.05, 4.69) is 20.0 Å². The first-order valence-corrected chi connectivity index (χ1v) is 11.0. The van der Waals surface area contributed by atoms with Gasteiger partial charge in [-0.15, -0.1) is 0 Å². The van der Waals surface area contributed by atoms with Gasteiger partial charge < -0.3 is 15.2 Å². The minimum absolute atomic E-state index is 0.0741. The minimum Gasteiger partial charge on any atom is -0.479 e. The molecule has 0 bridgehead atoms. The van der Waals surface area contributed by atoms with Gasteiger partial charge in [-0.2, -0.15) is 0 Å². The predicted octanol–water partition coefficient (Wildman–Crippen LogP) is 3.70. The Morgan fingerprint density at radius 2 is 1.80 bits per heavy atom. The molecule has 9 heteroatoms. The van der Waals surface area contributed by atoms with Crippen molar-refractivity contribution in [1.82, 2.24) is 14.7 Å². The molecule has 0 saturated heterocycles. The highest BCUT2D eigenvalue weighted by molar-refractivity contribution is 7.90. The largest absolute Gasteiger partial charge is 0.479 e. The Kier molecular flexibility index (Phi) is 6.25. The topological polar surface area (TPSA) is 120 Å². The molecule has 1 aromatic carbocycles. The van der Waals surface area contributed by atoms with Crippen molar-refractivity contribution in [3.63, 3.8) is 0 Å². The summed E-state index contributed by atoms with van der Waals surface area (Å²) < 4.78 is 28.8. The number of pyridine rings is 2. The SMILES string of the molecule is COc1nccc2c(Nc3ccc([S@@](=N)(=O)NC[C@H](O)C(C)(C)C)cc3)ccnc12. The first-order valence-electron chi connectivity index (χ1n) is 9.48. The summed E-state index contributed by atoms with van der Waals surface area (Å²) in [5.41, 5.74) is 1.89. The zero-order chi connectivity index (χ0) is 21.9. The molecule has 0 saturated carbocycles. The molecule has 2 aromatic heterocycles. The Morgan fingerprint density at radius 1 is 1.13 bits per heavy atom. The van der Waals surface area contributed by atoms with Crippen LogP contribution >= 0.6 is 0 Å². The standard InChI is InChI=1S/C21H27N5O3S/c1-21(2,3)18(27)13-25-30(22,28)15-7-5-14(6-8-15)26-17-10-12-23-19-16(17)9-11-24-20(19)29-4/h5-12,18,27H,13H2,1-4H3,(H,23,26)(H2,22,25,28)/t18-,30-/m0/s1. The van der Waals surface area contributed by atoms with Crippen LogP contribution in [-0.4, -0.2) is 39.0 Å². The van der Waals surface area contributed by atoms with Gasteiger partial charge >= 0.3 is 0 Å². The van der Waals surface area contributed by atoms with Crippen LogP contribution in [0.2, 0.25) is 0 Å². The van der Waals surface area contributed by atoms with Crippen molar-refractivity contribution in [3.8, 4) is 5.88 Å².